The smallest absolute Gasteiger partial charge is 0.399 e. The maximum atomic E-state index is 5.69. The first-order valence-electron chi connectivity index (χ1n) is 6.76. The van der Waals surface area contributed by atoms with Crippen LogP contribution < -0.4 is 10.1 Å². The second-order valence-electron chi connectivity index (χ2n) is 4.78. The van der Waals surface area contributed by atoms with Crippen LogP contribution in [0.25, 0.3) is 6.08 Å². The fourth-order valence-electron chi connectivity index (χ4n) is 1.71. The Morgan fingerprint density at radius 2 is 2.15 bits per heavy atom. The first-order valence-corrected chi connectivity index (χ1v) is 6.76. The lowest BCUT2D eigenvalue weighted by Gasteiger charge is -2.05. The molecular weight excluding hydrogens is 252 g/mol. The summed E-state index contributed by atoms with van der Waals surface area (Å²) in [6.45, 7) is 6.81. The van der Waals surface area contributed by atoms with Crippen LogP contribution in [-0.2, 0) is 6.54 Å². The van der Waals surface area contributed by atoms with Gasteiger partial charge in [-0.25, -0.2) is 0 Å². The normalized spacial score (nSPS) is 11.4. The van der Waals surface area contributed by atoms with Crippen LogP contribution in [-0.4, -0.2) is 11.0 Å². The van der Waals surface area contributed by atoms with Crippen molar-refractivity contribution in [2.45, 2.75) is 33.4 Å². The van der Waals surface area contributed by atoms with Crippen LogP contribution in [0, 0.1) is 0 Å². The number of nitrogens with one attached hydrogen (secondary N) is 1. The summed E-state index contributed by atoms with van der Waals surface area (Å²) < 4.78 is 11.0. The highest BCUT2D eigenvalue weighted by Crippen LogP contribution is 2.25. The Morgan fingerprint density at radius 1 is 1.35 bits per heavy atom. The first kappa shape index (κ1) is 14.3. The average molecular weight is 272 g/mol. The van der Waals surface area contributed by atoms with E-state index in [9.17, 15) is 0 Å². The molecule has 1 heterocycles. The summed E-state index contributed by atoms with van der Waals surface area (Å²) in [7, 11) is 0. The third kappa shape index (κ3) is 3.96. The van der Waals surface area contributed by atoms with Gasteiger partial charge in [0.2, 0.25) is 0 Å². The number of benzene rings is 1. The van der Waals surface area contributed by atoms with E-state index in [1.807, 2.05) is 43.3 Å². The van der Waals surface area contributed by atoms with Crippen molar-refractivity contribution in [2.75, 3.05) is 0 Å². The minimum atomic E-state index is 0.266. The third-order valence-electron chi connectivity index (χ3n) is 2.68. The number of oxazole rings is 1. The molecule has 0 radical (unpaired) electrons. The topological polar surface area (TPSA) is 47.3 Å². The number of ether oxygens (including phenoxy) is 1. The van der Waals surface area contributed by atoms with Gasteiger partial charge in [0.25, 0.3) is 0 Å². The first-order chi connectivity index (χ1) is 9.69. The average Bonchev–Trinajstić information content (AvgIpc) is 2.87. The Bertz CT molecular complexity index is 573. The highest BCUT2D eigenvalue weighted by atomic mass is 16.6. The van der Waals surface area contributed by atoms with Crippen molar-refractivity contribution < 1.29 is 9.15 Å². The van der Waals surface area contributed by atoms with Crippen molar-refractivity contribution in [3.63, 3.8) is 0 Å². The molecule has 0 spiro atoms. The lowest BCUT2D eigenvalue weighted by Crippen LogP contribution is -2.21. The molecule has 0 aliphatic rings. The molecule has 0 unspecified atom stereocenters. The molecule has 1 aromatic carbocycles. The van der Waals surface area contributed by atoms with E-state index in [0.29, 0.717) is 12.6 Å². The van der Waals surface area contributed by atoms with Gasteiger partial charge in [0.15, 0.2) is 0 Å². The molecule has 4 heteroatoms. The van der Waals surface area contributed by atoms with Gasteiger partial charge in [-0.15, -0.1) is 0 Å². The molecule has 0 saturated carbocycles. The predicted molar refractivity (Wildman–Crippen MR) is 79.7 cm³/mol. The molecule has 1 N–H and O–H groups in total. The molecule has 4 nitrogen and oxygen atoms in total. The van der Waals surface area contributed by atoms with Gasteiger partial charge >= 0.3 is 6.08 Å². The maximum Gasteiger partial charge on any atom is 0.399 e. The van der Waals surface area contributed by atoms with E-state index in [1.165, 1.54) is 0 Å². The number of hydrogen-bond donors (Lipinski definition) is 1. The summed E-state index contributed by atoms with van der Waals surface area (Å²) in [5, 5.41) is 3.28. The fourth-order valence-corrected chi connectivity index (χ4v) is 1.71. The van der Waals surface area contributed by atoms with Crippen molar-refractivity contribution in [2.24, 2.45) is 0 Å². The number of para-hydroxylation sites is 1. The summed E-state index contributed by atoms with van der Waals surface area (Å²) >= 11 is 0. The van der Waals surface area contributed by atoms with Crippen molar-refractivity contribution in [1.29, 1.82) is 0 Å². The summed E-state index contributed by atoms with van der Waals surface area (Å²) in [6, 6.07) is 8.18. The van der Waals surface area contributed by atoms with E-state index in [-0.39, 0.29) is 6.08 Å². The summed E-state index contributed by atoms with van der Waals surface area (Å²) in [6.07, 6.45) is 5.83. The molecule has 0 aliphatic heterocycles. The summed E-state index contributed by atoms with van der Waals surface area (Å²) in [5.41, 5.74) is 1.83. The third-order valence-corrected chi connectivity index (χ3v) is 2.68. The number of aromatic nitrogens is 1. The van der Waals surface area contributed by atoms with Gasteiger partial charge in [-0.2, -0.15) is 4.98 Å². The zero-order valence-corrected chi connectivity index (χ0v) is 12.1. The van der Waals surface area contributed by atoms with E-state index < -0.39 is 0 Å². The van der Waals surface area contributed by atoms with Gasteiger partial charge in [0.1, 0.15) is 12.0 Å². The highest BCUT2D eigenvalue weighted by Gasteiger charge is 2.08. The monoisotopic (exact) mass is 272 g/mol. The predicted octanol–water partition coefficient (Wildman–Crippen LogP) is 4.00. The van der Waals surface area contributed by atoms with Crippen molar-refractivity contribution >= 4 is 6.08 Å². The minimum absolute atomic E-state index is 0.266. The van der Waals surface area contributed by atoms with Crippen LogP contribution >= 0.6 is 0 Å². The minimum Gasteiger partial charge on any atom is -0.417 e. The molecule has 0 amide bonds. The molecule has 106 valence electrons. The van der Waals surface area contributed by atoms with Crippen LogP contribution in [0.15, 0.2) is 41.0 Å². The Hall–Kier alpha value is -2.07. The SMILES string of the molecule is C/C=C/c1ccccc1Oc1nc(CNC(C)C)co1. The van der Waals surface area contributed by atoms with Gasteiger partial charge in [0.05, 0.1) is 5.69 Å². The van der Waals surface area contributed by atoms with Crippen LogP contribution in [0.4, 0.5) is 0 Å². The lowest BCUT2D eigenvalue weighted by atomic mass is 10.2. The number of hydrogen-bond acceptors (Lipinski definition) is 4. The van der Waals surface area contributed by atoms with E-state index in [1.54, 1.807) is 6.26 Å². The number of allylic oxidation sites excluding steroid dienone is 1. The second-order valence-corrected chi connectivity index (χ2v) is 4.78. The Morgan fingerprint density at radius 3 is 2.90 bits per heavy atom. The largest absolute Gasteiger partial charge is 0.417 e. The van der Waals surface area contributed by atoms with Gasteiger partial charge in [0, 0.05) is 18.2 Å². The van der Waals surface area contributed by atoms with E-state index in [2.05, 4.69) is 24.1 Å². The van der Waals surface area contributed by atoms with Crippen LogP contribution in [0.3, 0.4) is 0 Å². The molecule has 1 aromatic heterocycles. The maximum absolute atomic E-state index is 5.69. The Balaban J connectivity index is 2.07. The summed E-state index contributed by atoms with van der Waals surface area (Å²) in [5.74, 6) is 0.732. The van der Waals surface area contributed by atoms with Crippen molar-refractivity contribution in [3.05, 3.63) is 47.9 Å². The highest BCUT2D eigenvalue weighted by molar-refractivity contribution is 5.57. The van der Waals surface area contributed by atoms with E-state index >= 15 is 0 Å². The van der Waals surface area contributed by atoms with Crippen LogP contribution in [0.5, 0.6) is 11.8 Å². The lowest BCUT2D eigenvalue weighted by molar-refractivity contribution is 0.330. The summed E-state index contributed by atoms with van der Waals surface area (Å²) in [4.78, 5) is 4.30. The second kappa shape index (κ2) is 6.91. The van der Waals surface area contributed by atoms with Gasteiger partial charge < -0.3 is 14.5 Å². The Labute approximate surface area is 119 Å². The van der Waals surface area contributed by atoms with E-state index in [4.69, 9.17) is 9.15 Å². The molecule has 2 aromatic rings. The molecule has 0 fully saturated rings. The quantitative estimate of drug-likeness (QED) is 0.863. The number of nitrogens with zero attached hydrogens (tertiary/aromatic N) is 1. The Kier molecular flexibility index (Phi) is 4.96. The zero-order chi connectivity index (χ0) is 14.4. The van der Waals surface area contributed by atoms with Crippen LogP contribution in [0.2, 0.25) is 0 Å². The van der Waals surface area contributed by atoms with Crippen molar-refractivity contribution in [1.82, 2.24) is 10.3 Å². The molecule has 0 aliphatic carbocycles. The molecular formula is C16H20N2O2. The van der Waals surface area contributed by atoms with Gasteiger partial charge in [-0.1, -0.05) is 44.2 Å². The zero-order valence-electron chi connectivity index (χ0n) is 12.1. The molecule has 0 saturated heterocycles. The molecule has 0 bridgehead atoms. The molecule has 2 rings (SSSR count). The molecule has 0 atom stereocenters. The van der Waals surface area contributed by atoms with Gasteiger partial charge in [-0.3, -0.25) is 0 Å². The standard InChI is InChI=1S/C16H20N2O2/c1-4-7-13-8-5-6-9-15(13)20-16-18-14(11-19-16)10-17-12(2)3/h4-9,11-12,17H,10H2,1-3H3/b7-4+. The fraction of sp³-hybridized carbons (Fsp3) is 0.312. The molecule has 20 heavy (non-hydrogen) atoms. The number of rotatable bonds is 6. The van der Waals surface area contributed by atoms with E-state index in [0.717, 1.165) is 17.0 Å². The van der Waals surface area contributed by atoms with Crippen molar-refractivity contribution in [3.8, 4) is 11.8 Å². The van der Waals surface area contributed by atoms with Gasteiger partial charge in [-0.05, 0) is 13.0 Å². The van der Waals surface area contributed by atoms with Crippen LogP contribution in [0.1, 0.15) is 32.0 Å².